The first-order chi connectivity index (χ1) is 9.51. The molecule has 0 aliphatic carbocycles. The van der Waals surface area contributed by atoms with Gasteiger partial charge < -0.3 is 15.2 Å². The maximum atomic E-state index is 5.87. The Morgan fingerprint density at radius 1 is 1.30 bits per heavy atom. The highest BCUT2D eigenvalue weighted by Gasteiger charge is 2.09. The zero-order valence-electron chi connectivity index (χ0n) is 12.4. The van der Waals surface area contributed by atoms with Gasteiger partial charge >= 0.3 is 0 Å². The van der Waals surface area contributed by atoms with E-state index < -0.39 is 0 Å². The third-order valence-electron chi connectivity index (χ3n) is 3.19. The summed E-state index contributed by atoms with van der Waals surface area (Å²) in [6.07, 6.45) is 0. The SMILES string of the molecule is COc1cc([C@@H](C)N)ccc1OCc1cc(C)nn1C. The fraction of sp³-hybridized carbons (Fsp3) is 0.400. The van der Waals surface area contributed by atoms with E-state index in [2.05, 4.69) is 5.10 Å². The van der Waals surface area contributed by atoms with Crippen LogP contribution in [-0.2, 0) is 13.7 Å². The average molecular weight is 275 g/mol. The van der Waals surface area contributed by atoms with Crippen LogP contribution in [0, 0.1) is 6.92 Å². The number of rotatable bonds is 5. The molecular weight excluding hydrogens is 254 g/mol. The molecule has 1 atom stereocenters. The van der Waals surface area contributed by atoms with Crippen LogP contribution < -0.4 is 15.2 Å². The molecule has 20 heavy (non-hydrogen) atoms. The number of nitrogens with zero attached hydrogens (tertiary/aromatic N) is 2. The predicted molar refractivity (Wildman–Crippen MR) is 77.9 cm³/mol. The smallest absolute Gasteiger partial charge is 0.161 e. The lowest BCUT2D eigenvalue weighted by Gasteiger charge is -2.13. The summed E-state index contributed by atoms with van der Waals surface area (Å²) in [5.41, 5.74) is 8.88. The van der Waals surface area contributed by atoms with Gasteiger partial charge in [-0.3, -0.25) is 4.68 Å². The Morgan fingerprint density at radius 3 is 2.60 bits per heavy atom. The largest absolute Gasteiger partial charge is 0.493 e. The van der Waals surface area contributed by atoms with Crippen molar-refractivity contribution in [2.45, 2.75) is 26.5 Å². The molecule has 5 heteroatoms. The summed E-state index contributed by atoms with van der Waals surface area (Å²) in [6, 6.07) is 7.73. The van der Waals surface area contributed by atoms with E-state index in [1.165, 1.54) is 0 Å². The van der Waals surface area contributed by atoms with Crippen molar-refractivity contribution in [2.75, 3.05) is 7.11 Å². The Morgan fingerprint density at radius 2 is 2.05 bits per heavy atom. The van der Waals surface area contributed by atoms with Crippen molar-refractivity contribution in [1.29, 1.82) is 0 Å². The highest BCUT2D eigenvalue weighted by molar-refractivity contribution is 5.43. The van der Waals surface area contributed by atoms with Crippen LogP contribution in [0.1, 0.15) is 29.9 Å². The van der Waals surface area contributed by atoms with E-state index in [0.29, 0.717) is 18.1 Å². The van der Waals surface area contributed by atoms with Gasteiger partial charge in [0.1, 0.15) is 6.61 Å². The van der Waals surface area contributed by atoms with E-state index in [1.807, 2.05) is 49.8 Å². The molecule has 0 fully saturated rings. The van der Waals surface area contributed by atoms with Crippen molar-refractivity contribution in [3.63, 3.8) is 0 Å². The normalized spacial score (nSPS) is 12.2. The molecule has 2 rings (SSSR count). The molecule has 2 N–H and O–H groups in total. The number of aromatic nitrogens is 2. The first kappa shape index (κ1) is 14.4. The average Bonchev–Trinajstić information content (AvgIpc) is 2.74. The molecule has 1 heterocycles. The summed E-state index contributed by atoms with van der Waals surface area (Å²) < 4.78 is 13.0. The standard InChI is InChI=1S/C15H21N3O2/c1-10-7-13(18(3)17-10)9-20-14-6-5-12(11(2)16)8-15(14)19-4/h5-8,11H,9,16H2,1-4H3/t11-/m1/s1. The van der Waals surface area contributed by atoms with Crippen molar-refractivity contribution < 1.29 is 9.47 Å². The Labute approximate surface area is 119 Å². The van der Waals surface area contributed by atoms with Gasteiger partial charge in [-0.15, -0.1) is 0 Å². The van der Waals surface area contributed by atoms with Gasteiger partial charge in [0.15, 0.2) is 11.5 Å². The van der Waals surface area contributed by atoms with Gasteiger partial charge in [-0.2, -0.15) is 5.10 Å². The maximum Gasteiger partial charge on any atom is 0.161 e. The van der Waals surface area contributed by atoms with Gasteiger partial charge in [-0.25, -0.2) is 0 Å². The lowest BCUT2D eigenvalue weighted by atomic mass is 10.1. The summed E-state index contributed by atoms with van der Waals surface area (Å²) >= 11 is 0. The second-order valence-electron chi connectivity index (χ2n) is 4.89. The van der Waals surface area contributed by atoms with Gasteiger partial charge in [0.2, 0.25) is 0 Å². The summed E-state index contributed by atoms with van der Waals surface area (Å²) in [6.45, 7) is 4.35. The molecule has 0 aliphatic heterocycles. The molecule has 5 nitrogen and oxygen atoms in total. The van der Waals surface area contributed by atoms with E-state index in [4.69, 9.17) is 15.2 Å². The molecule has 0 saturated heterocycles. The molecule has 0 radical (unpaired) electrons. The fourth-order valence-electron chi connectivity index (χ4n) is 2.04. The molecule has 0 aliphatic rings. The van der Waals surface area contributed by atoms with E-state index in [9.17, 15) is 0 Å². The number of methoxy groups -OCH3 is 1. The highest BCUT2D eigenvalue weighted by atomic mass is 16.5. The van der Waals surface area contributed by atoms with Crippen LogP contribution in [0.2, 0.25) is 0 Å². The Bertz CT molecular complexity index is 591. The lowest BCUT2D eigenvalue weighted by molar-refractivity contribution is 0.275. The predicted octanol–water partition coefficient (Wildman–Crippen LogP) is 2.34. The molecule has 0 saturated carbocycles. The minimum Gasteiger partial charge on any atom is -0.493 e. The van der Waals surface area contributed by atoms with Crippen molar-refractivity contribution in [1.82, 2.24) is 9.78 Å². The second kappa shape index (κ2) is 5.96. The van der Waals surface area contributed by atoms with Gasteiger partial charge in [-0.1, -0.05) is 6.07 Å². The second-order valence-corrected chi connectivity index (χ2v) is 4.89. The summed E-state index contributed by atoms with van der Waals surface area (Å²) in [4.78, 5) is 0. The van der Waals surface area contributed by atoms with Crippen molar-refractivity contribution >= 4 is 0 Å². The lowest BCUT2D eigenvalue weighted by Crippen LogP contribution is -2.06. The molecule has 0 unspecified atom stereocenters. The molecule has 2 aromatic rings. The number of hydrogen-bond donors (Lipinski definition) is 1. The molecule has 0 bridgehead atoms. The van der Waals surface area contributed by atoms with Crippen molar-refractivity contribution in [3.05, 3.63) is 41.2 Å². The van der Waals surface area contributed by atoms with Gasteiger partial charge in [0, 0.05) is 13.1 Å². The first-order valence-corrected chi connectivity index (χ1v) is 6.57. The van der Waals surface area contributed by atoms with E-state index in [1.54, 1.807) is 7.11 Å². The van der Waals surface area contributed by atoms with E-state index in [-0.39, 0.29) is 6.04 Å². The van der Waals surface area contributed by atoms with Crippen LogP contribution in [0.3, 0.4) is 0 Å². The van der Waals surface area contributed by atoms with Crippen LogP contribution in [-0.4, -0.2) is 16.9 Å². The molecular formula is C15H21N3O2. The van der Waals surface area contributed by atoms with Crippen LogP contribution in [0.5, 0.6) is 11.5 Å². The zero-order valence-corrected chi connectivity index (χ0v) is 12.4. The number of nitrogens with two attached hydrogens (primary N) is 1. The first-order valence-electron chi connectivity index (χ1n) is 6.57. The number of benzene rings is 1. The third kappa shape index (κ3) is 3.11. The van der Waals surface area contributed by atoms with E-state index in [0.717, 1.165) is 17.0 Å². The minimum absolute atomic E-state index is 0.0299. The molecule has 0 amide bonds. The third-order valence-corrected chi connectivity index (χ3v) is 3.19. The van der Waals surface area contributed by atoms with Crippen LogP contribution in [0.4, 0.5) is 0 Å². The monoisotopic (exact) mass is 275 g/mol. The van der Waals surface area contributed by atoms with Crippen molar-refractivity contribution in [3.8, 4) is 11.5 Å². The molecule has 1 aromatic carbocycles. The van der Waals surface area contributed by atoms with Crippen LogP contribution >= 0.6 is 0 Å². The zero-order chi connectivity index (χ0) is 14.7. The molecule has 1 aromatic heterocycles. The molecule has 0 spiro atoms. The minimum atomic E-state index is -0.0299. The van der Waals surface area contributed by atoms with Gasteiger partial charge in [0.25, 0.3) is 0 Å². The van der Waals surface area contributed by atoms with Crippen LogP contribution in [0.25, 0.3) is 0 Å². The quantitative estimate of drug-likeness (QED) is 0.909. The summed E-state index contributed by atoms with van der Waals surface area (Å²) in [5, 5.41) is 4.29. The van der Waals surface area contributed by atoms with E-state index >= 15 is 0 Å². The number of ether oxygens (including phenoxy) is 2. The number of aryl methyl sites for hydroxylation is 2. The van der Waals surface area contributed by atoms with Crippen LogP contribution in [0.15, 0.2) is 24.3 Å². The van der Waals surface area contributed by atoms with Crippen molar-refractivity contribution in [2.24, 2.45) is 12.8 Å². The highest BCUT2D eigenvalue weighted by Crippen LogP contribution is 2.30. The van der Waals surface area contributed by atoms with Gasteiger partial charge in [-0.05, 0) is 37.6 Å². The van der Waals surface area contributed by atoms with Gasteiger partial charge in [0.05, 0.1) is 18.5 Å². The number of hydrogen-bond acceptors (Lipinski definition) is 4. The Balaban J connectivity index is 2.15. The maximum absolute atomic E-state index is 5.87. The topological polar surface area (TPSA) is 62.3 Å². The summed E-state index contributed by atoms with van der Waals surface area (Å²) in [5.74, 6) is 1.40. The summed E-state index contributed by atoms with van der Waals surface area (Å²) in [7, 11) is 3.53. The molecule has 108 valence electrons. The Hall–Kier alpha value is -2.01. The fourth-order valence-corrected chi connectivity index (χ4v) is 2.04. The Kier molecular flexibility index (Phi) is 4.29.